The number of amides is 2. The summed E-state index contributed by atoms with van der Waals surface area (Å²) in [6.45, 7) is 0.341. The first kappa shape index (κ1) is 12.9. The van der Waals surface area contributed by atoms with E-state index in [1.165, 1.54) is 4.80 Å². The number of nitrogens with one attached hydrogen (secondary N) is 2. The fourth-order valence-electron chi connectivity index (χ4n) is 1.78. The Labute approximate surface area is 120 Å². The summed E-state index contributed by atoms with van der Waals surface area (Å²) in [6.07, 6.45) is 4.78. The predicted molar refractivity (Wildman–Crippen MR) is 75.9 cm³/mol. The molecular formula is C14H13N5O2. The number of anilines is 1. The average Bonchev–Trinajstić information content (AvgIpc) is 3.19. The molecule has 3 rings (SSSR count). The molecule has 2 amide bonds. The molecule has 0 aliphatic rings. The number of benzene rings is 1. The maximum atomic E-state index is 11.7. The number of urea groups is 1. The third-order valence-corrected chi connectivity index (χ3v) is 2.78. The molecule has 0 atom stereocenters. The summed E-state index contributed by atoms with van der Waals surface area (Å²) in [5, 5.41) is 13.5. The summed E-state index contributed by atoms with van der Waals surface area (Å²) in [5.41, 5.74) is 1.50. The number of rotatable bonds is 4. The van der Waals surface area contributed by atoms with Crippen LogP contribution in [-0.4, -0.2) is 21.0 Å². The van der Waals surface area contributed by atoms with Crippen molar-refractivity contribution in [3.05, 3.63) is 60.8 Å². The molecule has 2 heterocycles. The van der Waals surface area contributed by atoms with E-state index in [-0.39, 0.29) is 6.03 Å². The normalized spacial score (nSPS) is 10.3. The lowest BCUT2D eigenvalue weighted by Gasteiger charge is -2.07. The van der Waals surface area contributed by atoms with Gasteiger partial charge >= 0.3 is 6.03 Å². The molecule has 0 saturated heterocycles. The molecule has 1 aromatic carbocycles. The van der Waals surface area contributed by atoms with Gasteiger partial charge in [0.15, 0.2) is 0 Å². The lowest BCUT2D eigenvalue weighted by Crippen LogP contribution is -2.27. The SMILES string of the molecule is O=C(NCc1ccco1)Nc1ccc(-n2nccn2)cc1. The Bertz CT molecular complexity index is 690. The van der Waals surface area contributed by atoms with E-state index in [4.69, 9.17) is 4.42 Å². The van der Waals surface area contributed by atoms with Crippen LogP contribution in [0.5, 0.6) is 0 Å². The summed E-state index contributed by atoms with van der Waals surface area (Å²) in [7, 11) is 0. The Kier molecular flexibility index (Phi) is 3.64. The van der Waals surface area contributed by atoms with Crippen LogP contribution in [-0.2, 0) is 6.54 Å². The van der Waals surface area contributed by atoms with Gasteiger partial charge in [-0.15, -0.1) is 0 Å². The molecule has 2 aromatic heterocycles. The zero-order chi connectivity index (χ0) is 14.5. The minimum atomic E-state index is -0.295. The molecule has 0 bridgehead atoms. The van der Waals surface area contributed by atoms with Gasteiger partial charge in [-0.2, -0.15) is 15.0 Å². The second kappa shape index (κ2) is 5.91. The first-order valence-electron chi connectivity index (χ1n) is 6.35. The minimum Gasteiger partial charge on any atom is -0.467 e. The topological polar surface area (TPSA) is 85.0 Å². The molecule has 7 nitrogen and oxygen atoms in total. The van der Waals surface area contributed by atoms with Gasteiger partial charge < -0.3 is 15.1 Å². The van der Waals surface area contributed by atoms with Gasteiger partial charge in [0.25, 0.3) is 0 Å². The summed E-state index contributed by atoms with van der Waals surface area (Å²) >= 11 is 0. The molecule has 7 heteroatoms. The van der Waals surface area contributed by atoms with Crippen LogP contribution in [0.4, 0.5) is 10.5 Å². The van der Waals surface area contributed by atoms with Crippen molar-refractivity contribution in [1.82, 2.24) is 20.3 Å². The van der Waals surface area contributed by atoms with Gasteiger partial charge in [-0.3, -0.25) is 0 Å². The zero-order valence-electron chi connectivity index (χ0n) is 11.1. The quantitative estimate of drug-likeness (QED) is 0.768. The second-order valence-electron chi connectivity index (χ2n) is 4.25. The number of nitrogens with zero attached hydrogens (tertiary/aromatic N) is 3. The minimum absolute atomic E-state index is 0.295. The van der Waals surface area contributed by atoms with Gasteiger partial charge in [0.2, 0.25) is 0 Å². The zero-order valence-corrected chi connectivity index (χ0v) is 11.1. The van der Waals surface area contributed by atoms with Gasteiger partial charge in [0.05, 0.1) is 30.9 Å². The summed E-state index contributed by atoms with van der Waals surface area (Å²) in [5.74, 6) is 0.699. The lowest BCUT2D eigenvalue weighted by atomic mass is 10.3. The van der Waals surface area contributed by atoms with Gasteiger partial charge in [-0.1, -0.05) is 0 Å². The highest BCUT2D eigenvalue weighted by Gasteiger charge is 2.03. The first-order chi connectivity index (χ1) is 10.3. The van der Waals surface area contributed by atoms with Crippen LogP contribution in [0.1, 0.15) is 5.76 Å². The number of hydrogen-bond donors (Lipinski definition) is 2. The van der Waals surface area contributed by atoms with Crippen molar-refractivity contribution in [2.75, 3.05) is 5.32 Å². The standard InChI is InChI=1S/C14H13N5O2/c20-14(15-10-13-2-1-9-21-13)18-11-3-5-12(6-4-11)19-16-7-8-17-19/h1-9H,10H2,(H2,15,18,20). The molecule has 0 unspecified atom stereocenters. The fraction of sp³-hybridized carbons (Fsp3) is 0.0714. The van der Waals surface area contributed by atoms with Crippen LogP contribution >= 0.6 is 0 Å². The highest BCUT2D eigenvalue weighted by molar-refractivity contribution is 5.89. The van der Waals surface area contributed by atoms with Crippen molar-refractivity contribution in [1.29, 1.82) is 0 Å². The molecule has 0 aliphatic carbocycles. The van der Waals surface area contributed by atoms with Crippen molar-refractivity contribution in [3.63, 3.8) is 0 Å². The summed E-state index contributed by atoms with van der Waals surface area (Å²) < 4.78 is 5.13. The highest BCUT2D eigenvalue weighted by atomic mass is 16.3. The molecule has 0 aliphatic heterocycles. The van der Waals surface area contributed by atoms with Crippen LogP contribution < -0.4 is 10.6 Å². The van der Waals surface area contributed by atoms with Crippen LogP contribution in [0.2, 0.25) is 0 Å². The molecular weight excluding hydrogens is 270 g/mol. The van der Waals surface area contributed by atoms with E-state index in [0.717, 1.165) is 5.69 Å². The Morgan fingerprint density at radius 1 is 1.14 bits per heavy atom. The molecule has 21 heavy (non-hydrogen) atoms. The Morgan fingerprint density at radius 3 is 2.57 bits per heavy atom. The maximum Gasteiger partial charge on any atom is 0.319 e. The molecule has 2 N–H and O–H groups in total. The van der Waals surface area contributed by atoms with Crippen molar-refractivity contribution < 1.29 is 9.21 Å². The lowest BCUT2D eigenvalue weighted by molar-refractivity contribution is 0.251. The molecule has 0 fully saturated rings. The Balaban J connectivity index is 1.56. The number of aromatic nitrogens is 3. The third-order valence-electron chi connectivity index (χ3n) is 2.78. The van der Waals surface area contributed by atoms with E-state index < -0.39 is 0 Å². The van der Waals surface area contributed by atoms with E-state index in [2.05, 4.69) is 20.8 Å². The number of hydrogen-bond acceptors (Lipinski definition) is 4. The van der Waals surface area contributed by atoms with Crippen molar-refractivity contribution in [2.45, 2.75) is 6.54 Å². The van der Waals surface area contributed by atoms with E-state index in [0.29, 0.717) is 18.0 Å². The van der Waals surface area contributed by atoms with Gasteiger partial charge in [-0.05, 0) is 36.4 Å². The van der Waals surface area contributed by atoms with Crippen LogP contribution in [0.3, 0.4) is 0 Å². The van der Waals surface area contributed by atoms with E-state index in [9.17, 15) is 4.79 Å². The molecule has 0 saturated carbocycles. The summed E-state index contributed by atoms with van der Waals surface area (Å²) in [6, 6.07) is 10.5. The number of furan rings is 1. The number of carbonyl (C=O) groups excluding carboxylic acids is 1. The maximum absolute atomic E-state index is 11.7. The van der Waals surface area contributed by atoms with E-state index in [1.807, 2.05) is 12.1 Å². The summed E-state index contributed by atoms with van der Waals surface area (Å²) in [4.78, 5) is 13.2. The van der Waals surface area contributed by atoms with Crippen molar-refractivity contribution in [2.24, 2.45) is 0 Å². The second-order valence-corrected chi connectivity index (χ2v) is 4.25. The van der Waals surface area contributed by atoms with Crippen LogP contribution in [0, 0.1) is 0 Å². The molecule has 3 aromatic rings. The van der Waals surface area contributed by atoms with Gasteiger partial charge in [0.1, 0.15) is 5.76 Å². The van der Waals surface area contributed by atoms with Crippen LogP contribution in [0.15, 0.2) is 59.5 Å². The van der Waals surface area contributed by atoms with Crippen molar-refractivity contribution >= 4 is 11.7 Å². The van der Waals surface area contributed by atoms with Crippen molar-refractivity contribution in [3.8, 4) is 5.69 Å². The average molecular weight is 283 g/mol. The monoisotopic (exact) mass is 283 g/mol. The number of carbonyl (C=O) groups is 1. The first-order valence-corrected chi connectivity index (χ1v) is 6.35. The fourth-order valence-corrected chi connectivity index (χ4v) is 1.78. The van der Waals surface area contributed by atoms with E-state index in [1.54, 1.807) is 42.9 Å². The van der Waals surface area contributed by atoms with E-state index >= 15 is 0 Å². The largest absolute Gasteiger partial charge is 0.467 e. The smallest absolute Gasteiger partial charge is 0.319 e. The third kappa shape index (κ3) is 3.27. The molecule has 0 radical (unpaired) electrons. The predicted octanol–water partition coefficient (Wildman–Crippen LogP) is 2.18. The Hall–Kier alpha value is -3.09. The Morgan fingerprint density at radius 2 is 1.90 bits per heavy atom. The van der Waals surface area contributed by atoms with Gasteiger partial charge in [0, 0.05) is 5.69 Å². The van der Waals surface area contributed by atoms with Gasteiger partial charge in [-0.25, -0.2) is 4.79 Å². The van der Waals surface area contributed by atoms with Crippen LogP contribution in [0.25, 0.3) is 5.69 Å². The molecule has 0 spiro atoms. The molecule has 106 valence electrons. The highest BCUT2D eigenvalue weighted by Crippen LogP contribution is 2.11.